The lowest BCUT2D eigenvalue weighted by Gasteiger charge is -2.19. The maximum atomic E-state index is 13.0. The van der Waals surface area contributed by atoms with Gasteiger partial charge < -0.3 is 33.5 Å². The monoisotopic (exact) mass is 553 g/mol. The third-order valence-corrected chi connectivity index (χ3v) is 6.10. The summed E-state index contributed by atoms with van der Waals surface area (Å²) < 4.78 is 26.1. The van der Waals surface area contributed by atoms with E-state index < -0.39 is 23.7 Å². The van der Waals surface area contributed by atoms with Crippen molar-refractivity contribution in [1.29, 1.82) is 0 Å². The van der Waals surface area contributed by atoms with Crippen LogP contribution in [-0.4, -0.2) is 81.2 Å². The number of carbonyl (C=O) groups excluding carboxylic acids is 2. The van der Waals surface area contributed by atoms with E-state index in [1.54, 1.807) is 26.2 Å². The second-order valence-corrected chi connectivity index (χ2v) is 9.03. The van der Waals surface area contributed by atoms with Crippen molar-refractivity contribution < 1.29 is 37.8 Å². The fourth-order valence-electron chi connectivity index (χ4n) is 3.13. The molecule has 1 aliphatic heterocycles. The quantitative estimate of drug-likeness (QED) is 0.0944. The Hall–Kier alpha value is -3.00. The molecule has 0 bridgehead atoms. The zero-order chi connectivity index (χ0) is 27.8. The topological polar surface area (TPSA) is 147 Å². The highest BCUT2D eigenvalue weighted by Crippen LogP contribution is 2.24. The molecule has 0 aromatic carbocycles. The van der Waals surface area contributed by atoms with Gasteiger partial charge in [0.1, 0.15) is 41.5 Å². The van der Waals surface area contributed by atoms with Crippen molar-refractivity contribution in [3.8, 4) is 5.75 Å². The number of nitrogens with zero attached hydrogens (tertiary/aromatic N) is 2. The Morgan fingerprint density at radius 2 is 2.05 bits per heavy atom. The molecular formula is C25H35N3O9S. The van der Waals surface area contributed by atoms with Crippen LogP contribution in [0.4, 0.5) is 0 Å². The van der Waals surface area contributed by atoms with Crippen molar-refractivity contribution in [2.45, 2.75) is 38.8 Å². The highest BCUT2D eigenvalue weighted by Gasteiger charge is 2.29. The predicted molar refractivity (Wildman–Crippen MR) is 143 cm³/mol. The Morgan fingerprint density at radius 1 is 1.29 bits per heavy atom. The van der Waals surface area contributed by atoms with Gasteiger partial charge in [0.25, 0.3) is 0 Å². The van der Waals surface area contributed by atoms with E-state index in [1.165, 1.54) is 17.8 Å². The molecule has 2 rings (SSSR count). The molecule has 38 heavy (non-hydrogen) atoms. The average molecular weight is 554 g/mol. The van der Waals surface area contributed by atoms with Crippen LogP contribution in [-0.2, 0) is 28.6 Å². The standard InChI is InChI=1S/C25H35N3O9S/c1-5-7-19(21-13-18(35-8-6-2)14-22(29)36-21)26-24(31)20-16-38-25(27-20)17(3)28-37-23(30)15-34-12-11-33-10-9-32-4/h6,13-14,19-20H,2,5,7-12,15-16H2,1,3-4H3,(H,26,31)/b28-17+/t19-,20?/m1/s1. The van der Waals surface area contributed by atoms with Gasteiger partial charge in [-0.2, -0.15) is 0 Å². The van der Waals surface area contributed by atoms with Crippen LogP contribution in [0, 0.1) is 0 Å². The minimum absolute atomic E-state index is 0.232. The smallest absolute Gasteiger partial charge is 0.360 e. The summed E-state index contributed by atoms with van der Waals surface area (Å²) in [7, 11) is 1.58. The number of hydrogen-bond donors (Lipinski definition) is 1. The minimum atomic E-state index is -0.677. The van der Waals surface area contributed by atoms with Crippen LogP contribution < -0.4 is 15.7 Å². The SMILES string of the molecule is C=CCOc1cc([C@@H](CCC)NC(=O)C2CSC(/C(C)=N/OC(=O)COCCOCCOC)=N2)oc(=O)c1. The fourth-order valence-corrected chi connectivity index (χ4v) is 4.12. The summed E-state index contributed by atoms with van der Waals surface area (Å²) in [6.07, 6.45) is 2.85. The molecule has 1 unspecified atom stereocenters. The number of methoxy groups -OCH3 is 1. The van der Waals surface area contributed by atoms with E-state index in [4.69, 9.17) is 28.2 Å². The van der Waals surface area contributed by atoms with Crippen LogP contribution in [0.1, 0.15) is 38.5 Å². The number of aliphatic imine (C=N–C) groups is 1. The molecule has 1 aromatic heterocycles. The second-order valence-electron chi connectivity index (χ2n) is 8.02. The van der Waals surface area contributed by atoms with Crippen LogP contribution in [0.3, 0.4) is 0 Å². The molecule has 0 radical (unpaired) electrons. The van der Waals surface area contributed by atoms with Crippen molar-refractivity contribution in [2.24, 2.45) is 10.1 Å². The molecule has 1 aliphatic rings. The molecular weight excluding hydrogens is 518 g/mol. The minimum Gasteiger partial charge on any atom is -0.489 e. The van der Waals surface area contributed by atoms with Gasteiger partial charge >= 0.3 is 11.6 Å². The summed E-state index contributed by atoms with van der Waals surface area (Å²) in [5, 5.41) is 7.21. The second kappa shape index (κ2) is 17.5. The summed E-state index contributed by atoms with van der Waals surface area (Å²) in [6.45, 7) is 8.63. The molecule has 210 valence electrons. The highest BCUT2D eigenvalue weighted by atomic mass is 32.2. The lowest BCUT2D eigenvalue weighted by molar-refractivity contribution is -0.149. The summed E-state index contributed by atoms with van der Waals surface area (Å²) in [5.74, 6) is 0.0408. The molecule has 13 heteroatoms. The van der Waals surface area contributed by atoms with Crippen LogP contribution in [0.15, 0.2) is 44.1 Å². The van der Waals surface area contributed by atoms with Crippen molar-refractivity contribution in [3.05, 3.63) is 41.0 Å². The van der Waals surface area contributed by atoms with Gasteiger partial charge in [-0.05, 0) is 13.3 Å². The van der Waals surface area contributed by atoms with Gasteiger partial charge in [0.15, 0.2) is 0 Å². The highest BCUT2D eigenvalue weighted by molar-refractivity contribution is 8.16. The van der Waals surface area contributed by atoms with Crippen molar-refractivity contribution in [3.63, 3.8) is 0 Å². The number of nitrogens with one attached hydrogen (secondary N) is 1. The number of carbonyl (C=O) groups is 2. The van der Waals surface area contributed by atoms with E-state index in [2.05, 4.69) is 22.0 Å². The molecule has 2 atom stereocenters. The normalized spacial score (nSPS) is 16.0. The largest absolute Gasteiger partial charge is 0.489 e. The van der Waals surface area contributed by atoms with E-state index in [0.29, 0.717) is 54.3 Å². The Balaban J connectivity index is 1.90. The van der Waals surface area contributed by atoms with E-state index in [-0.39, 0.29) is 25.7 Å². The number of ether oxygens (including phenoxy) is 4. The average Bonchev–Trinajstić information content (AvgIpc) is 3.40. The molecule has 1 aromatic rings. The fraction of sp³-hybridized carbons (Fsp3) is 0.560. The Bertz CT molecular complexity index is 1040. The number of thioether (sulfide) groups is 1. The first-order valence-electron chi connectivity index (χ1n) is 12.2. The third kappa shape index (κ3) is 11.2. The van der Waals surface area contributed by atoms with E-state index in [0.717, 1.165) is 6.42 Å². The summed E-state index contributed by atoms with van der Waals surface area (Å²) in [4.78, 5) is 46.1. The molecule has 1 N–H and O–H groups in total. The van der Waals surface area contributed by atoms with Crippen LogP contribution >= 0.6 is 11.8 Å². The Labute approximate surface area is 225 Å². The summed E-state index contributed by atoms with van der Waals surface area (Å²) in [6, 6.07) is 1.62. The molecule has 0 aliphatic carbocycles. The first kappa shape index (κ1) is 31.2. The number of amides is 1. The van der Waals surface area contributed by atoms with E-state index >= 15 is 0 Å². The molecule has 1 amide bonds. The number of oxime groups is 1. The van der Waals surface area contributed by atoms with Gasteiger partial charge in [0.2, 0.25) is 5.91 Å². The van der Waals surface area contributed by atoms with Gasteiger partial charge in [-0.15, -0.1) is 11.8 Å². The first-order valence-corrected chi connectivity index (χ1v) is 13.1. The third-order valence-electron chi connectivity index (χ3n) is 4.94. The maximum Gasteiger partial charge on any atom is 0.360 e. The van der Waals surface area contributed by atoms with Crippen molar-refractivity contribution in [2.75, 3.05) is 52.5 Å². The predicted octanol–water partition coefficient (Wildman–Crippen LogP) is 2.27. The molecule has 2 heterocycles. The Morgan fingerprint density at radius 3 is 2.79 bits per heavy atom. The van der Waals surface area contributed by atoms with Gasteiger partial charge in [-0.25, -0.2) is 9.59 Å². The van der Waals surface area contributed by atoms with Crippen LogP contribution in [0.25, 0.3) is 0 Å². The maximum absolute atomic E-state index is 13.0. The van der Waals surface area contributed by atoms with E-state index in [1.807, 2.05) is 6.92 Å². The van der Waals surface area contributed by atoms with Crippen LogP contribution in [0.5, 0.6) is 5.75 Å². The van der Waals surface area contributed by atoms with Gasteiger partial charge in [-0.1, -0.05) is 31.2 Å². The first-order chi connectivity index (χ1) is 18.4. The molecule has 0 saturated heterocycles. The number of rotatable bonds is 18. The lowest BCUT2D eigenvalue weighted by atomic mass is 10.1. The molecule has 0 spiro atoms. The van der Waals surface area contributed by atoms with Crippen molar-refractivity contribution >= 4 is 34.4 Å². The van der Waals surface area contributed by atoms with Gasteiger partial charge in [0.05, 0.1) is 38.5 Å². The summed E-state index contributed by atoms with van der Waals surface area (Å²) in [5.41, 5.74) is -0.208. The van der Waals surface area contributed by atoms with Crippen molar-refractivity contribution in [1.82, 2.24) is 5.32 Å². The van der Waals surface area contributed by atoms with Crippen LogP contribution in [0.2, 0.25) is 0 Å². The Kier molecular flexibility index (Phi) is 14.4. The molecule has 0 saturated carbocycles. The zero-order valence-corrected chi connectivity index (χ0v) is 22.8. The van der Waals surface area contributed by atoms with Gasteiger partial charge in [0, 0.05) is 18.9 Å². The zero-order valence-electron chi connectivity index (χ0n) is 21.9. The number of hydrogen-bond acceptors (Lipinski definition) is 12. The molecule has 0 fully saturated rings. The van der Waals surface area contributed by atoms with E-state index in [9.17, 15) is 14.4 Å². The lowest BCUT2D eigenvalue weighted by Crippen LogP contribution is -2.37. The molecule has 12 nitrogen and oxygen atoms in total. The summed E-state index contributed by atoms with van der Waals surface area (Å²) >= 11 is 1.33. The van der Waals surface area contributed by atoms with Gasteiger partial charge in [-0.3, -0.25) is 9.79 Å².